The topological polar surface area (TPSA) is 0 Å². The molecule has 0 spiro atoms. The van der Waals surface area contributed by atoms with E-state index in [4.69, 9.17) is 0 Å². The van der Waals surface area contributed by atoms with Crippen LogP contribution in [0, 0.1) is 0 Å². The van der Waals surface area contributed by atoms with Crippen LogP contribution >= 0.6 is 15.8 Å². The van der Waals surface area contributed by atoms with Crippen molar-refractivity contribution in [1.82, 2.24) is 0 Å². The van der Waals surface area contributed by atoms with Gasteiger partial charge in [-0.25, -0.2) is 0 Å². The van der Waals surface area contributed by atoms with E-state index in [-0.39, 0.29) is 0 Å². The predicted octanol–water partition coefficient (Wildman–Crippen LogP) is 10.5. The Balaban J connectivity index is 1.39. The molecule has 2 aliphatic rings. The molecule has 7 rings (SSSR count). The number of rotatable bonds is 6. The Bertz CT molecular complexity index is 1300. The van der Waals surface area contributed by atoms with Crippen LogP contribution in [0.3, 0.4) is 0 Å². The molecule has 0 aliphatic carbocycles. The first-order valence-corrected chi connectivity index (χ1v) is 17.7. The molecule has 2 heteroatoms. The van der Waals surface area contributed by atoms with Gasteiger partial charge in [-0.05, 0) is 58.5 Å². The molecule has 0 radical (unpaired) electrons. The van der Waals surface area contributed by atoms with E-state index in [1.807, 2.05) is 0 Å². The molecule has 4 atom stereocenters. The third-order valence-corrected chi connectivity index (χ3v) is 15.9. The maximum atomic E-state index is 2.53. The lowest BCUT2D eigenvalue weighted by Crippen LogP contribution is -2.25. The molecule has 0 unspecified atom stereocenters. The smallest absolute Gasteiger partial charge is 0.00880 e. The summed E-state index contributed by atoms with van der Waals surface area (Å²) in [6, 6.07) is 55.4. The monoisotopic (exact) mass is 554 g/mol. The largest absolute Gasteiger partial charge is 0.0622 e. The maximum Gasteiger partial charge on any atom is 0.00880 e. The minimum Gasteiger partial charge on any atom is -0.0622 e. The van der Waals surface area contributed by atoms with Crippen molar-refractivity contribution in [3.63, 3.8) is 0 Å². The minimum atomic E-state index is -0.416. The highest BCUT2D eigenvalue weighted by Gasteiger charge is 2.44. The van der Waals surface area contributed by atoms with Gasteiger partial charge in [-0.3, -0.25) is 0 Å². The summed E-state index contributed by atoms with van der Waals surface area (Å²) in [6.07, 6.45) is 5.08. The lowest BCUT2D eigenvalue weighted by molar-refractivity contribution is 0.765. The van der Waals surface area contributed by atoms with Gasteiger partial charge in [0.05, 0.1) is 0 Å². The normalized spacial score (nSPS) is 23.4. The molecule has 0 saturated carbocycles. The van der Waals surface area contributed by atoms with E-state index < -0.39 is 15.8 Å². The first-order valence-electron chi connectivity index (χ1n) is 14.7. The highest BCUT2D eigenvalue weighted by molar-refractivity contribution is 7.73. The van der Waals surface area contributed by atoms with Crippen molar-refractivity contribution in [3.8, 4) is 0 Å². The Morgan fingerprint density at radius 3 is 0.775 bits per heavy atom. The Morgan fingerprint density at radius 2 is 0.525 bits per heavy atom. The lowest BCUT2D eigenvalue weighted by Gasteiger charge is -2.34. The van der Waals surface area contributed by atoms with Gasteiger partial charge in [0.15, 0.2) is 0 Å². The first-order chi connectivity index (χ1) is 19.9. The molecule has 2 heterocycles. The minimum absolute atomic E-state index is 0.416. The van der Waals surface area contributed by atoms with Gasteiger partial charge in [-0.1, -0.05) is 161 Å². The SMILES string of the molecule is c1ccc([C@@H]2CC[C@@H](c3ccccc3)P2c2ccccc2P2[C@H](c3ccccc3)CC[C@H]2c2ccccc2)cc1. The standard InChI is InChI=1S/C38H36P2/c1-5-15-29(16-6-1)33-25-26-34(30-17-7-2-8-18-30)39(33)37-23-13-14-24-38(37)40-35(31-19-9-3-10-20-31)27-28-36(40)32-21-11-4-12-22-32/h1-24,33-36H,25-28H2/t33-,34-,35-,36-/m0/s1. The molecule has 40 heavy (non-hydrogen) atoms. The third kappa shape index (κ3) is 4.98. The predicted molar refractivity (Wildman–Crippen MR) is 175 cm³/mol. The molecule has 0 aromatic heterocycles. The number of hydrogen-bond acceptors (Lipinski definition) is 0. The van der Waals surface area contributed by atoms with E-state index in [0.29, 0.717) is 22.6 Å². The van der Waals surface area contributed by atoms with Crippen molar-refractivity contribution in [2.24, 2.45) is 0 Å². The van der Waals surface area contributed by atoms with Crippen molar-refractivity contribution in [1.29, 1.82) is 0 Å². The zero-order chi connectivity index (χ0) is 26.7. The Kier molecular flexibility index (Phi) is 7.66. The van der Waals surface area contributed by atoms with Crippen LogP contribution in [0.2, 0.25) is 0 Å². The van der Waals surface area contributed by atoms with Gasteiger partial charge >= 0.3 is 0 Å². The number of hydrogen-bond donors (Lipinski definition) is 0. The van der Waals surface area contributed by atoms with Crippen LogP contribution in [0.25, 0.3) is 0 Å². The van der Waals surface area contributed by atoms with Gasteiger partial charge in [0.25, 0.3) is 0 Å². The summed E-state index contributed by atoms with van der Waals surface area (Å²) in [5, 5.41) is 3.35. The van der Waals surface area contributed by atoms with Crippen LogP contribution in [-0.4, -0.2) is 0 Å². The molecule has 0 nitrogen and oxygen atoms in total. The van der Waals surface area contributed by atoms with Crippen LogP contribution in [0.4, 0.5) is 0 Å². The summed E-state index contributed by atoms with van der Waals surface area (Å²) in [6.45, 7) is 0. The number of benzene rings is 5. The van der Waals surface area contributed by atoms with Crippen LogP contribution in [-0.2, 0) is 0 Å². The fourth-order valence-corrected chi connectivity index (χ4v) is 15.0. The van der Waals surface area contributed by atoms with E-state index in [2.05, 4.69) is 146 Å². The maximum absolute atomic E-state index is 2.53. The molecular weight excluding hydrogens is 518 g/mol. The van der Waals surface area contributed by atoms with Crippen molar-refractivity contribution in [3.05, 3.63) is 168 Å². The Morgan fingerprint density at radius 1 is 0.300 bits per heavy atom. The second-order valence-corrected chi connectivity index (χ2v) is 16.2. The zero-order valence-corrected chi connectivity index (χ0v) is 24.7. The summed E-state index contributed by atoms with van der Waals surface area (Å²) in [7, 11) is -0.833. The van der Waals surface area contributed by atoms with Gasteiger partial charge in [0, 0.05) is 22.6 Å². The van der Waals surface area contributed by atoms with Crippen LogP contribution in [0.5, 0.6) is 0 Å². The summed E-state index contributed by atoms with van der Waals surface area (Å²) < 4.78 is 0. The zero-order valence-electron chi connectivity index (χ0n) is 22.9. The van der Waals surface area contributed by atoms with E-state index in [1.54, 1.807) is 10.6 Å². The average Bonchev–Trinajstić information content (AvgIpc) is 3.68. The molecule has 2 aliphatic heterocycles. The fraction of sp³-hybridized carbons (Fsp3) is 0.211. The molecule has 5 aromatic rings. The molecule has 0 amide bonds. The molecule has 2 fully saturated rings. The van der Waals surface area contributed by atoms with Gasteiger partial charge < -0.3 is 0 Å². The first kappa shape index (κ1) is 25.9. The van der Waals surface area contributed by atoms with Crippen molar-refractivity contribution in [2.75, 3.05) is 0 Å². The third-order valence-electron chi connectivity index (χ3n) is 8.95. The fourth-order valence-electron chi connectivity index (χ4n) is 7.20. The van der Waals surface area contributed by atoms with E-state index in [9.17, 15) is 0 Å². The van der Waals surface area contributed by atoms with E-state index >= 15 is 0 Å². The molecular formula is C38H36P2. The molecule has 0 bridgehead atoms. The van der Waals surface area contributed by atoms with Crippen LogP contribution in [0.15, 0.2) is 146 Å². The van der Waals surface area contributed by atoms with E-state index in [1.165, 1.54) is 47.9 Å². The summed E-state index contributed by atoms with van der Waals surface area (Å²) in [5.41, 5.74) is 8.52. The highest BCUT2D eigenvalue weighted by Crippen LogP contribution is 2.73. The van der Waals surface area contributed by atoms with Gasteiger partial charge in [-0.2, -0.15) is 0 Å². The van der Waals surface area contributed by atoms with Gasteiger partial charge in [0.1, 0.15) is 0 Å². The van der Waals surface area contributed by atoms with Crippen molar-refractivity contribution >= 4 is 26.5 Å². The summed E-state index contributed by atoms with van der Waals surface area (Å²) >= 11 is 0. The highest BCUT2D eigenvalue weighted by atomic mass is 31.1. The molecule has 2 saturated heterocycles. The van der Waals surface area contributed by atoms with Crippen molar-refractivity contribution < 1.29 is 0 Å². The molecule has 198 valence electrons. The van der Waals surface area contributed by atoms with Gasteiger partial charge in [-0.15, -0.1) is 0 Å². The lowest BCUT2D eigenvalue weighted by atomic mass is 10.0. The molecule has 5 aromatic carbocycles. The summed E-state index contributed by atoms with van der Waals surface area (Å²) in [5.74, 6) is 0. The van der Waals surface area contributed by atoms with Crippen LogP contribution in [0.1, 0.15) is 70.6 Å². The van der Waals surface area contributed by atoms with Gasteiger partial charge in [0.2, 0.25) is 0 Å². The van der Waals surface area contributed by atoms with Crippen molar-refractivity contribution in [2.45, 2.75) is 48.3 Å². The average molecular weight is 555 g/mol. The van der Waals surface area contributed by atoms with Crippen LogP contribution < -0.4 is 10.6 Å². The quantitative estimate of drug-likeness (QED) is 0.183. The van der Waals surface area contributed by atoms with E-state index in [0.717, 1.165) is 0 Å². The second-order valence-electron chi connectivity index (χ2n) is 11.2. The Hall–Kier alpha value is -3.04. The summed E-state index contributed by atoms with van der Waals surface area (Å²) in [4.78, 5) is 0. The Labute approximate surface area is 242 Å². The molecule has 0 N–H and O–H groups in total. The second kappa shape index (κ2) is 11.8.